The molecule has 0 bridgehead atoms. The van der Waals surface area contributed by atoms with Crippen molar-refractivity contribution in [3.8, 4) is 11.1 Å². The molecule has 1 aliphatic carbocycles. The molecule has 8 nitrogen and oxygen atoms in total. The van der Waals surface area contributed by atoms with Gasteiger partial charge in [0.15, 0.2) is 5.96 Å². The third-order valence-corrected chi connectivity index (χ3v) is 4.93. The Morgan fingerprint density at radius 2 is 1.69 bits per heavy atom. The molecule has 0 aliphatic heterocycles. The van der Waals surface area contributed by atoms with Gasteiger partial charge in [-0.05, 0) is 28.7 Å². The summed E-state index contributed by atoms with van der Waals surface area (Å²) in [6.45, 7) is 0.00114. The number of ether oxygens (including phenoxy) is 1. The third-order valence-electron chi connectivity index (χ3n) is 4.93. The van der Waals surface area contributed by atoms with Crippen LogP contribution in [0, 0.1) is 5.41 Å². The Hall–Kier alpha value is -3.68. The topological polar surface area (TPSA) is 134 Å². The average Bonchev–Trinajstić information content (AvgIpc) is 3.02. The molecule has 4 N–H and O–H groups in total. The lowest BCUT2D eigenvalue weighted by molar-refractivity contribution is -0.137. The number of amides is 1. The summed E-state index contributed by atoms with van der Waals surface area (Å²) >= 11 is 0. The minimum absolute atomic E-state index is 0.00114. The summed E-state index contributed by atoms with van der Waals surface area (Å²) in [6.07, 6.45) is -1.07. The second-order valence-electron chi connectivity index (χ2n) is 6.70. The second kappa shape index (κ2) is 8.55. The van der Waals surface area contributed by atoms with Gasteiger partial charge < -0.3 is 20.4 Å². The second-order valence-corrected chi connectivity index (χ2v) is 6.70. The molecule has 8 heteroatoms. The largest absolute Gasteiger partial charge is 0.481 e. The number of fused-ring (bicyclic) bond motifs is 3. The van der Waals surface area contributed by atoms with Gasteiger partial charge in [-0.25, -0.2) is 9.69 Å². The van der Waals surface area contributed by atoms with Crippen molar-refractivity contribution in [3.05, 3.63) is 59.7 Å². The first kappa shape index (κ1) is 20.1. The maximum atomic E-state index is 12.6. The lowest BCUT2D eigenvalue weighted by atomic mass is 9.98. The summed E-state index contributed by atoms with van der Waals surface area (Å²) in [5, 5.41) is 16.4. The van der Waals surface area contributed by atoms with Crippen molar-refractivity contribution < 1.29 is 24.2 Å². The lowest BCUT2D eigenvalue weighted by Crippen LogP contribution is -2.49. The van der Waals surface area contributed by atoms with Crippen molar-refractivity contribution in [1.82, 2.24) is 4.90 Å². The Kier molecular flexibility index (Phi) is 5.92. The molecule has 0 saturated heterocycles. The number of carbonyl (C=O) groups excluding carboxylic acids is 2. The number of guanidine groups is 1. The van der Waals surface area contributed by atoms with Gasteiger partial charge in [-0.1, -0.05) is 48.5 Å². The number of carboxylic acids is 1. The molecule has 150 valence electrons. The number of nitrogens with one attached hydrogen (secondary N) is 1. The summed E-state index contributed by atoms with van der Waals surface area (Å²) in [6, 6.07) is 14.5. The number of hydrogen-bond donors (Lipinski definition) is 3. The van der Waals surface area contributed by atoms with E-state index in [0.717, 1.165) is 22.3 Å². The van der Waals surface area contributed by atoms with E-state index in [9.17, 15) is 14.4 Å². The van der Waals surface area contributed by atoms with E-state index in [-0.39, 0.29) is 25.4 Å². The van der Waals surface area contributed by atoms with Crippen molar-refractivity contribution in [2.45, 2.75) is 24.8 Å². The van der Waals surface area contributed by atoms with Crippen molar-refractivity contribution in [2.24, 2.45) is 5.73 Å². The van der Waals surface area contributed by atoms with E-state index < -0.39 is 24.1 Å². The number of carboxylic acid groups (broad SMARTS) is 1. The van der Waals surface area contributed by atoms with Gasteiger partial charge in [0.2, 0.25) is 0 Å². The van der Waals surface area contributed by atoms with Gasteiger partial charge in [-0.15, -0.1) is 0 Å². The highest BCUT2D eigenvalue weighted by Crippen LogP contribution is 2.44. The predicted octanol–water partition coefficient (Wildman–Crippen LogP) is 2.56. The van der Waals surface area contributed by atoms with Gasteiger partial charge in [0.05, 0.1) is 6.04 Å². The molecule has 0 saturated carbocycles. The van der Waals surface area contributed by atoms with Crippen LogP contribution in [-0.2, 0) is 14.3 Å². The van der Waals surface area contributed by atoms with Crippen molar-refractivity contribution in [3.63, 3.8) is 0 Å². The van der Waals surface area contributed by atoms with E-state index >= 15 is 0 Å². The molecule has 29 heavy (non-hydrogen) atoms. The van der Waals surface area contributed by atoms with Crippen LogP contribution in [-0.4, -0.2) is 47.0 Å². The molecule has 2 aromatic rings. The normalized spacial score (nSPS) is 13.1. The highest BCUT2D eigenvalue weighted by Gasteiger charge is 2.32. The highest BCUT2D eigenvalue weighted by molar-refractivity contribution is 5.94. The maximum Gasteiger partial charge on any atom is 0.417 e. The third kappa shape index (κ3) is 4.11. The summed E-state index contributed by atoms with van der Waals surface area (Å²) < 4.78 is 5.41. The summed E-state index contributed by atoms with van der Waals surface area (Å²) in [5.74, 6) is -1.98. The Morgan fingerprint density at radius 3 is 2.17 bits per heavy atom. The first-order valence-corrected chi connectivity index (χ1v) is 9.09. The summed E-state index contributed by atoms with van der Waals surface area (Å²) in [5.41, 5.74) is 9.64. The SMILES string of the molecule is N=C(N)N(C(=O)OCC1c2ccccc2-c2ccccc21)[C@H](C=O)CCC(=O)O. The molecule has 3 rings (SSSR count). The molecule has 0 aromatic heterocycles. The molecule has 2 aromatic carbocycles. The van der Waals surface area contributed by atoms with Gasteiger partial charge >= 0.3 is 12.1 Å². The molecular formula is C21H21N3O5. The van der Waals surface area contributed by atoms with Crippen LogP contribution in [0.25, 0.3) is 11.1 Å². The van der Waals surface area contributed by atoms with Crippen LogP contribution in [0.5, 0.6) is 0 Å². The zero-order valence-electron chi connectivity index (χ0n) is 15.6. The minimum Gasteiger partial charge on any atom is -0.481 e. The number of nitrogens with two attached hydrogens (primary N) is 1. The van der Waals surface area contributed by atoms with E-state index in [1.54, 1.807) is 0 Å². The van der Waals surface area contributed by atoms with Gasteiger partial charge in [-0.3, -0.25) is 10.2 Å². The standard InChI is InChI=1S/C21H21N3O5/c22-20(23)24(13(11-25)9-10-19(26)27)21(28)29-12-18-16-7-3-1-5-14(16)15-6-2-4-8-17(15)18/h1-8,11,13,18H,9-10,12H2,(H3,22,23)(H,26,27)/t13-/m0/s1. The van der Waals surface area contributed by atoms with Crippen LogP contribution in [0.2, 0.25) is 0 Å². The molecule has 0 spiro atoms. The Morgan fingerprint density at radius 1 is 1.14 bits per heavy atom. The molecule has 0 radical (unpaired) electrons. The zero-order chi connectivity index (χ0) is 21.0. The number of aliphatic carboxylic acids is 1. The fraction of sp³-hybridized carbons (Fsp3) is 0.238. The van der Waals surface area contributed by atoms with E-state index in [0.29, 0.717) is 11.2 Å². The van der Waals surface area contributed by atoms with Crippen LogP contribution in [0.1, 0.15) is 29.9 Å². The van der Waals surface area contributed by atoms with Crippen LogP contribution in [0.15, 0.2) is 48.5 Å². The van der Waals surface area contributed by atoms with Crippen molar-refractivity contribution >= 4 is 24.3 Å². The number of benzene rings is 2. The van der Waals surface area contributed by atoms with Crippen LogP contribution in [0.3, 0.4) is 0 Å². The number of aldehydes is 1. The minimum atomic E-state index is -1.18. The number of hydrogen-bond acceptors (Lipinski definition) is 5. The Labute approximate surface area is 167 Å². The van der Waals surface area contributed by atoms with Crippen LogP contribution < -0.4 is 5.73 Å². The van der Waals surface area contributed by atoms with Crippen LogP contribution >= 0.6 is 0 Å². The van der Waals surface area contributed by atoms with Gasteiger partial charge in [-0.2, -0.15) is 0 Å². The lowest BCUT2D eigenvalue weighted by Gasteiger charge is -2.26. The average molecular weight is 395 g/mol. The van der Waals surface area contributed by atoms with Gasteiger partial charge in [0.25, 0.3) is 0 Å². The van der Waals surface area contributed by atoms with Crippen LogP contribution in [0.4, 0.5) is 4.79 Å². The molecule has 0 unspecified atom stereocenters. The molecule has 1 aliphatic rings. The zero-order valence-corrected chi connectivity index (χ0v) is 15.6. The molecular weight excluding hydrogens is 374 g/mol. The summed E-state index contributed by atoms with van der Waals surface area (Å²) in [4.78, 5) is 35.4. The monoisotopic (exact) mass is 395 g/mol. The van der Waals surface area contributed by atoms with E-state index in [2.05, 4.69) is 0 Å². The number of nitrogens with zero attached hydrogens (tertiary/aromatic N) is 1. The molecule has 0 fully saturated rings. The predicted molar refractivity (Wildman–Crippen MR) is 106 cm³/mol. The molecule has 1 amide bonds. The first-order valence-electron chi connectivity index (χ1n) is 9.09. The van der Waals surface area contributed by atoms with Crippen molar-refractivity contribution in [1.29, 1.82) is 5.41 Å². The van der Waals surface area contributed by atoms with Gasteiger partial charge in [0, 0.05) is 12.3 Å². The Balaban J connectivity index is 1.77. The number of rotatable bonds is 7. The fourth-order valence-electron chi connectivity index (χ4n) is 3.61. The van der Waals surface area contributed by atoms with Crippen molar-refractivity contribution in [2.75, 3.05) is 6.61 Å². The smallest absolute Gasteiger partial charge is 0.417 e. The highest BCUT2D eigenvalue weighted by atomic mass is 16.6. The Bertz CT molecular complexity index is 913. The fourth-order valence-corrected chi connectivity index (χ4v) is 3.61. The van der Waals surface area contributed by atoms with E-state index in [1.165, 1.54) is 0 Å². The van der Waals surface area contributed by atoms with E-state index in [1.807, 2.05) is 48.5 Å². The number of carbonyl (C=O) groups is 3. The molecule has 0 heterocycles. The maximum absolute atomic E-state index is 12.6. The first-order chi connectivity index (χ1) is 13.9. The molecule has 1 atom stereocenters. The quantitative estimate of drug-likeness (QED) is 0.375. The van der Waals surface area contributed by atoms with E-state index in [4.69, 9.17) is 21.0 Å². The summed E-state index contributed by atoms with van der Waals surface area (Å²) in [7, 11) is 0. The van der Waals surface area contributed by atoms with Gasteiger partial charge in [0.1, 0.15) is 12.9 Å².